The zero-order valence-corrected chi connectivity index (χ0v) is 8.60. The average Bonchev–Trinajstić information content (AvgIpc) is 2.85. The molecular weight excluding hydrogens is 164 g/mol. The van der Waals surface area contributed by atoms with E-state index in [2.05, 4.69) is 24.5 Å². The van der Waals surface area contributed by atoms with Crippen molar-refractivity contribution in [1.29, 1.82) is 0 Å². The number of nitrogens with one attached hydrogen (secondary N) is 2. The van der Waals surface area contributed by atoms with Crippen molar-refractivity contribution in [3.8, 4) is 0 Å². The smallest absolute Gasteiger partial charge is 0.234 e. The number of rotatable bonds is 6. The Morgan fingerprint density at radius 2 is 2.23 bits per heavy atom. The Morgan fingerprint density at radius 1 is 1.54 bits per heavy atom. The van der Waals surface area contributed by atoms with E-state index in [1.807, 2.05) is 0 Å². The predicted octanol–water partition coefficient (Wildman–Crippen LogP) is 1.04. The molecule has 0 saturated heterocycles. The van der Waals surface area contributed by atoms with Gasteiger partial charge in [0.05, 0.1) is 6.54 Å². The van der Waals surface area contributed by atoms with E-state index in [0.717, 1.165) is 19.3 Å². The topological polar surface area (TPSA) is 41.1 Å². The first-order chi connectivity index (χ1) is 6.22. The van der Waals surface area contributed by atoms with Gasteiger partial charge in [0.2, 0.25) is 5.91 Å². The van der Waals surface area contributed by atoms with E-state index in [0.29, 0.717) is 18.6 Å². The van der Waals surface area contributed by atoms with Gasteiger partial charge in [-0.15, -0.1) is 0 Å². The Morgan fingerprint density at radius 3 is 2.77 bits per heavy atom. The van der Waals surface area contributed by atoms with Crippen molar-refractivity contribution in [3.05, 3.63) is 0 Å². The summed E-state index contributed by atoms with van der Waals surface area (Å²) in [5.74, 6) is 0.144. The summed E-state index contributed by atoms with van der Waals surface area (Å²) < 4.78 is 0. The third kappa shape index (κ3) is 4.88. The van der Waals surface area contributed by atoms with Crippen molar-refractivity contribution in [2.75, 3.05) is 6.54 Å². The summed E-state index contributed by atoms with van der Waals surface area (Å²) in [4.78, 5) is 11.2. The fourth-order valence-electron chi connectivity index (χ4n) is 1.31. The molecule has 13 heavy (non-hydrogen) atoms. The first kappa shape index (κ1) is 10.5. The fourth-order valence-corrected chi connectivity index (χ4v) is 1.31. The molecule has 1 saturated carbocycles. The number of hydrogen-bond acceptors (Lipinski definition) is 2. The maximum absolute atomic E-state index is 11.2. The van der Waals surface area contributed by atoms with Crippen LogP contribution >= 0.6 is 0 Å². The van der Waals surface area contributed by atoms with Crippen molar-refractivity contribution in [1.82, 2.24) is 10.6 Å². The Hall–Kier alpha value is -0.570. The third-order valence-corrected chi connectivity index (χ3v) is 2.28. The molecule has 0 aliphatic heterocycles. The molecule has 0 aromatic heterocycles. The van der Waals surface area contributed by atoms with Gasteiger partial charge in [-0.2, -0.15) is 0 Å². The highest BCUT2D eigenvalue weighted by molar-refractivity contribution is 5.78. The van der Waals surface area contributed by atoms with Crippen LogP contribution in [0.1, 0.15) is 39.5 Å². The second kappa shape index (κ2) is 5.22. The van der Waals surface area contributed by atoms with Gasteiger partial charge in [-0.25, -0.2) is 0 Å². The second-order valence-electron chi connectivity index (χ2n) is 3.91. The lowest BCUT2D eigenvalue weighted by Gasteiger charge is -2.11. The highest BCUT2D eigenvalue weighted by Gasteiger charge is 2.22. The summed E-state index contributed by atoms with van der Waals surface area (Å²) in [5.41, 5.74) is 0. The molecule has 1 unspecified atom stereocenters. The van der Waals surface area contributed by atoms with Crippen LogP contribution in [-0.2, 0) is 4.79 Å². The van der Waals surface area contributed by atoms with Crippen LogP contribution in [-0.4, -0.2) is 24.5 Å². The van der Waals surface area contributed by atoms with Gasteiger partial charge < -0.3 is 10.6 Å². The van der Waals surface area contributed by atoms with Crippen molar-refractivity contribution < 1.29 is 4.79 Å². The lowest BCUT2D eigenvalue weighted by atomic mass is 10.2. The van der Waals surface area contributed by atoms with Crippen LogP contribution in [0.2, 0.25) is 0 Å². The van der Waals surface area contributed by atoms with Gasteiger partial charge in [-0.3, -0.25) is 4.79 Å². The molecular formula is C10H20N2O. The SMILES string of the molecule is CCCC(C)NCC(=O)NC1CC1. The highest BCUT2D eigenvalue weighted by Crippen LogP contribution is 2.18. The zero-order chi connectivity index (χ0) is 9.68. The van der Waals surface area contributed by atoms with Crippen LogP contribution in [0.25, 0.3) is 0 Å². The van der Waals surface area contributed by atoms with Crippen molar-refractivity contribution in [3.63, 3.8) is 0 Å². The molecule has 3 nitrogen and oxygen atoms in total. The second-order valence-corrected chi connectivity index (χ2v) is 3.91. The van der Waals surface area contributed by atoms with E-state index < -0.39 is 0 Å². The van der Waals surface area contributed by atoms with E-state index in [1.54, 1.807) is 0 Å². The molecule has 0 aromatic rings. The number of carbonyl (C=O) groups excluding carboxylic acids is 1. The molecule has 76 valence electrons. The van der Waals surface area contributed by atoms with E-state index in [9.17, 15) is 4.79 Å². The predicted molar refractivity (Wildman–Crippen MR) is 53.5 cm³/mol. The molecule has 1 rings (SSSR count). The van der Waals surface area contributed by atoms with Crippen molar-refractivity contribution in [2.24, 2.45) is 0 Å². The van der Waals surface area contributed by atoms with Crippen molar-refractivity contribution in [2.45, 2.75) is 51.6 Å². The molecule has 1 amide bonds. The summed E-state index contributed by atoms with van der Waals surface area (Å²) in [6.07, 6.45) is 4.63. The van der Waals surface area contributed by atoms with E-state index in [-0.39, 0.29) is 5.91 Å². The van der Waals surface area contributed by atoms with E-state index in [1.165, 1.54) is 6.42 Å². The van der Waals surface area contributed by atoms with Gasteiger partial charge in [-0.1, -0.05) is 13.3 Å². The molecule has 0 bridgehead atoms. The number of carbonyl (C=O) groups is 1. The van der Waals surface area contributed by atoms with Crippen LogP contribution in [0.3, 0.4) is 0 Å². The Labute approximate surface area is 80.3 Å². The van der Waals surface area contributed by atoms with Gasteiger partial charge in [0.15, 0.2) is 0 Å². The number of hydrogen-bond donors (Lipinski definition) is 2. The lowest BCUT2D eigenvalue weighted by molar-refractivity contribution is -0.120. The summed E-state index contributed by atoms with van der Waals surface area (Å²) in [7, 11) is 0. The van der Waals surface area contributed by atoms with E-state index in [4.69, 9.17) is 0 Å². The molecule has 1 aliphatic rings. The maximum atomic E-state index is 11.2. The highest BCUT2D eigenvalue weighted by atomic mass is 16.2. The normalized spacial score (nSPS) is 18.3. The van der Waals surface area contributed by atoms with Crippen LogP contribution in [0, 0.1) is 0 Å². The van der Waals surface area contributed by atoms with Gasteiger partial charge in [0.1, 0.15) is 0 Å². The first-order valence-electron chi connectivity index (χ1n) is 5.25. The molecule has 0 spiro atoms. The summed E-state index contributed by atoms with van der Waals surface area (Å²) >= 11 is 0. The third-order valence-electron chi connectivity index (χ3n) is 2.28. The Bertz CT molecular complexity index is 166. The van der Waals surface area contributed by atoms with Crippen LogP contribution in [0.4, 0.5) is 0 Å². The molecule has 0 heterocycles. The largest absolute Gasteiger partial charge is 0.352 e. The summed E-state index contributed by atoms with van der Waals surface area (Å²) in [6, 6.07) is 0.936. The summed E-state index contributed by atoms with van der Waals surface area (Å²) in [5, 5.41) is 6.15. The minimum atomic E-state index is 0.144. The van der Waals surface area contributed by atoms with Gasteiger partial charge in [0, 0.05) is 12.1 Å². The lowest BCUT2D eigenvalue weighted by Crippen LogP contribution is -2.38. The van der Waals surface area contributed by atoms with Gasteiger partial charge >= 0.3 is 0 Å². The Kier molecular flexibility index (Phi) is 4.22. The standard InChI is InChI=1S/C10H20N2O/c1-3-4-8(2)11-7-10(13)12-9-5-6-9/h8-9,11H,3-7H2,1-2H3,(H,12,13). The molecule has 1 fully saturated rings. The van der Waals surface area contributed by atoms with Gasteiger partial charge in [-0.05, 0) is 26.2 Å². The maximum Gasteiger partial charge on any atom is 0.234 e. The molecule has 1 aliphatic carbocycles. The molecule has 3 heteroatoms. The molecule has 0 radical (unpaired) electrons. The van der Waals surface area contributed by atoms with Crippen LogP contribution < -0.4 is 10.6 Å². The first-order valence-corrected chi connectivity index (χ1v) is 5.25. The van der Waals surface area contributed by atoms with Crippen molar-refractivity contribution >= 4 is 5.91 Å². The zero-order valence-electron chi connectivity index (χ0n) is 8.60. The minimum Gasteiger partial charge on any atom is -0.352 e. The quantitative estimate of drug-likeness (QED) is 0.647. The fraction of sp³-hybridized carbons (Fsp3) is 0.900. The van der Waals surface area contributed by atoms with E-state index >= 15 is 0 Å². The van der Waals surface area contributed by atoms with Gasteiger partial charge in [0.25, 0.3) is 0 Å². The summed E-state index contributed by atoms with van der Waals surface area (Å²) in [6.45, 7) is 4.74. The molecule has 1 atom stereocenters. The minimum absolute atomic E-state index is 0.144. The molecule has 0 aromatic carbocycles. The monoisotopic (exact) mass is 184 g/mol. The average molecular weight is 184 g/mol. The Balaban J connectivity index is 1.99. The van der Waals surface area contributed by atoms with Crippen LogP contribution in [0.5, 0.6) is 0 Å². The number of amides is 1. The molecule has 2 N–H and O–H groups in total. The van der Waals surface area contributed by atoms with Crippen LogP contribution in [0.15, 0.2) is 0 Å².